The maximum absolute atomic E-state index is 12.2. The molecule has 8 nitrogen and oxygen atoms in total. The number of nitro groups is 1. The molecule has 0 radical (unpaired) electrons. The number of hydrogen-bond acceptors (Lipinski definition) is 5. The number of rotatable bonds is 7. The fraction of sp³-hybridized carbons (Fsp3) is 0.0909. The number of ether oxygens (including phenoxy) is 1. The van der Waals surface area contributed by atoms with E-state index in [0.717, 1.165) is 0 Å². The molecule has 3 aromatic carbocycles. The molecule has 0 fully saturated rings. The van der Waals surface area contributed by atoms with Crippen molar-refractivity contribution in [3.8, 4) is 11.5 Å². The molecule has 0 spiro atoms. The first-order valence-electron chi connectivity index (χ1n) is 9.08. The van der Waals surface area contributed by atoms with Crippen LogP contribution in [0.25, 0.3) is 0 Å². The molecule has 0 aliphatic rings. The summed E-state index contributed by atoms with van der Waals surface area (Å²) in [5, 5.41) is 16.1. The molecule has 0 atom stereocenters. The third kappa shape index (κ3) is 5.41. The van der Waals surface area contributed by atoms with Crippen LogP contribution in [0.15, 0.2) is 72.8 Å². The van der Waals surface area contributed by atoms with E-state index in [4.69, 9.17) is 4.74 Å². The van der Waals surface area contributed by atoms with Crippen LogP contribution in [0.1, 0.15) is 15.9 Å². The highest BCUT2D eigenvalue weighted by Gasteiger charge is 2.15. The zero-order chi connectivity index (χ0) is 21.5. The highest BCUT2D eigenvalue weighted by Crippen LogP contribution is 2.22. The predicted octanol–water partition coefficient (Wildman–Crippen LogP) is 4.06. The van der Waals surface area contributed by atoms with Gasteiger partial charge in [-0.3, -0.25) is 19.7 Å². The Morgan fingerprint density at radius 2 is 1.63 bits per heavy atom. The summed E-state index contributed by atoms with van der Waals surface area (Å²) in [5.41, 5.74) is 0.960. The van der Waals surface area contributed by atoms with E-state index in [-0.39, 0.29) is 17.8 Å². The summed E-state index contributed by atoms with van der Waals surface area (Å²) in [4.78, 5) is 34.7. The number of anilines is 1. The average molecular weight is 405 g/mol. The summed E-state index contributed by atoms with van der Waals surface area (Å²) in [6.45, 7) is 1.31. The van der Waals surface area contributed by atoms with E-state index in [0.29, 0.717) is 22.7 Å². The Morgan fingerprint density at radius 1 is 0.967 bits per heavy atom. The average Bonchev–Trinajstić information content (AvgIpc) is 2.74. The minimum Gasteiger partial charge on any atom is -0.457 e. The number of nitro benzene ring substituents is 1. The summed E-state index contributed by atoms with van der Waals surface area (Å²) in [7, 11) is 0. The number of hydrogen-bond donors (Lipinski definition) is 2. The van der Waals surface area contributed by atoms with Gasteiger partial charge in [-0.25, -0.2) is 0 Å². The van der Waals surface area contributed by atoms with Crippen LogP contribution < -0.4 is 15.4 Å². The first kappa shape index (κ1) is 20.5. The smallest absolute Gasteiger partial charge is 0.273 e. The Balaban J connectivity index is 1.52. The lowest BCUT2D eigenvalue weighted by Crippen LogP contribution is -2.32. The lowest BCUT2D eigenvalue weighted by Gasteiger charge is -2.09. The topological polar surface area (TPSA) is 111 Å². The molecule has 0 heterocycles. The molecule has 0 aromatic heterocycles. The summed E-state index contributed by atoms with van der Waals surface area (Å²) >= 11 is 0. The van der Waals surface area contributed by atoms with Gasteiger partial charge in [0, 0.05) is 22.9 Å². The Morgan fingerprint density at radius 3 is 2.30 bits per heavy atom. The SMILES string of the molecule is Cc1ccc(C(=O)NCC(=O)Nc2ccc(Oc3ccccc3)cc2)cc1[N+](=O)[O-]. The van der Waals surface area contributed by atoms with E-state index < -0.39 is 16.7 Å². The molecule has 30 heavy (non-hydrogen) atoms. The molecule has 0 aliphatic carbocycles. The molecule has 3 rings (SSSR count). The molecule has 0 unspecified atom stereocenters. The van der Waals surface area contributed by atoms with E-state index in [1.165, 1.54) is 18.2 Å². The monoisotopic (exact) mass is 405 g/mol. The van der Waals surface area contributed by atoms with Crippen LogP contribution in [0.2, 0.25) is 0 Å². The molecule has 152 valence electrons. The van der Waals surface area contributed by atoms with Gasteiger partial charge in [-0.1, -0.05) is 24.3 Å². The first-order chi connectivity index (χ1) is 14.4. The highest BCUT2D eigenvalue weighted by molar-refractivity contribution is 5.99. The summed E-state index contributed by atoms with van der Waals surface area (Å²) in [6, 6.07) is 20.2. The summed E-state index contributed by atoms with van der Waals surface area (Å²) in [6.07, 6.45) is 0. The summed E-state index contributed by atoms with van der Waals surface area (Å²) in [5.74, 6) is 0.323. The molecular formula is C22H19N3O5. The van der Waals surface area contributed by atoms with Crippen LogP contribution in [-0.4, -0.2) is 23.3 Å². The van der Waals surface area contributed by atoms with Crippen molar-refractivity contribution in [3.05, 3.63) is 94.0 Å². The van der Waals surface area contributed by atoms with Crippen molar-refractivity contribution in [1.29, 1.82) is 0 Å². The van der Waals surface area contributed by atoms with Gasteiger partial charge in [0.15, 0.2) is 0 Å². The van der Waals surface area contributed by atoms with Crippen molar-refractivity contribution in [1.82, 2.24) is 5.32 Å². The van der Waals surface area contributed by atoms with E-state index in [9.17, 15) is 19.7 Å². The zero-order valence-electron chi connectivity index (χ0n) is 16.1. The maximum atomic E-state index is 12.2. The zero-order valence-corrected chi connectivity index (χ0v) is 16.1. The van der Waals surface area contributed by atoms with Crippen LogP contribution in [0.5, 0.6) is 11.5 Å². The van der Waals surface area contributed by atoms with Gasteiger partial charge in [-0.05, 0) is 49.4 Å². The largest absolute Gasteiger partial charge is 0.457 e. The number of benzene rings is 3. The number of nitrogens with zero attached hydrogens (tertiary/aromatic N) is 1. The first-order valence-corrected chi connectivity index (χ1v) is 9.08. The molecule has 3 aromatic rings. The Bertz CT molecular complexity index is 1070. The minimum atomic E-state index is -0.570. The molecule has 0 bridgehead atoms. The molecule has 0 saturated heterocycles. The quantitative estimate of drug-likeness (QED) is 0.455. The van der Waals surface area contributed by atoms with E-state index >= 15 is 0 Å². The number of carbonyl (C=O) groups excluding carboxylic acids is 2. The van der Waals surface area contributed by atoms with Crippen molar-refractivity contribution in [2.24, 2.45) is 0 Å². The number of nitrogens with one attached hydrogen (secondary N) is 2. The van der Waals surface area contributed by atoms with Gasteiger partial charge in [0.25, 0.3) is 11.6 Å². The minimum absolute atomic E-state index is 0.113. The second-order valence-corrected chi connectivity index (χ2v) is 6.43. The van der Waals surface area contributed by atoms with Gasteiger partial charge in [-0.15, -0.1) is 0 Å². The molecule has 8 heteroatoms. The number of para-hydroxylation sites is 1. The van der Waals surface area contributed by atoms with Crippen molar-refractivity contribution < 1.29 is 19.2 Å². The molecule has 0 aliphatic heterocycles. The van der Waals surface area contributed by atoms with Gasteiger partial charge in [0.2, 0.25) is 5.91 Å². The highest BCUT2D eigenvalue weighted by atomic mass is 16.6. The third-order valence-corrected chi connectivity index (χ3v) is 4.19. The predicted molar refractivity (Wildman–Crippen MR) is 112 cm³/mol. The number of amides is 2. The second kappa shape index (κ2) is 9.33. The normalized spacial score (nSPS) is 10.2. The van der Waals surface area contributed by atoms with Crippen LogP contribution in [0.3, 0.4) is 0 Å². The van der Waals surface area contributed by atoms with Gasteiger partial charge >= 0.3 is 0 Å². The lowest BCUT2D eigenvalue weighted by atomic mass is 10.1. The number of aryl methyl sites for hydroxylation is 1. The van der Waals surface area contributed by atoms with E-state index in [1.807, 2.05) is 30.3 Å². The van der Waals surface area contributed by atoms with Crippen LogP contribution in [0.4, 0.5) is 11.4 Å². The standard InChI is InChI=1S/C22H19N3O5/c1-15-7-8-16(13-20(15)25(28)29)22(27)23-14-21(26)24-17-9-11-19(12-10-17)30-18-5-3-2-4-6-18/h2-13H,14H2,1H3,(H,23,27)(H,24,26). The van der Waals surface area contributed by atoms with Crippen LogP contribution in [-0.2, 0) is 4.79 Å². The molecule has 2 N–H and O–H groups in total. The van der Waals surface area contributed by atoms with Crippen molar-refractivity contribution >= 4 is 23.2 Å². The van der Waals surface area contributed by atoms with E-state index in [1.54, 1.807) is 31.2 Å². The van der Waals surface area contributed by atoms with Crippen molar-refractivity contribution in [3.63, 3.8) is 0 Å². The second-order valence-electron chi connectivity index (χ2n) is 6.43. The van der Waals surface area contributed by atoms with Gasteiger partial charge in [-0.2, -0.15) is 0 Å². The maximum Gasteiger partial charge on any atom is 0.273 e. The Hall–Kier alpha value is -4.20. The Kier molecular flexibility index (Phi) is 6.39. The van der Waals surface area contributed by atoms with Gasteiger partial charge in [0.1, 0.15) is 11.5 Å². The third-order valence-electron chi connectivity index (χ3n) is 4.19. The van der Waals surface area contributed by atoms with Crippen LogP contribution >= 0.6 is 0 Å². The van der Waals surface area contributed by atoms with Crippen molar-refractivity contribution in [2.75, 3.05) is 11.9 Å². The van der Waals surface area contributed by atoms with Crippen LogP contribution in [0, 0.1) is 17.0 Å². The molecular weight excluding hydrogens is 386 g/mol. The summed E-state index contributed by atoms with van der Waals surface area (Å²) < 4.78 is 5.68. The van der Waals surface area contributed by atoms with Gasteiger partial charge < -0.3 is 15.4 Å². The molecule has 2 amide bonds. The van der Waals surface area contributed by atoms with Crippen molar-refractivity contribution in [2.45, 2.75) is 6.92 Å². The molecule has 0 saturated carbocycles. The Labute approximate surface area is 172 Å². The number of carbonyl (C=O) groups is 2. The van der Waals surface area contributed by atoms with E-state index in [2.05, 4.69) is 10.6 Å². The fourth-order valence-electron chi connectivity index (χ4n) is 2.65. The van der Waals surface area contributed by atoms with Gasteiger partial charge in [0.05, 0.1) is 11.5 Å². The lowest BCUT2D eigenvalue weighted by molar-refractivity contribution is -0.385. The fourth-order valence-corrected chi connectivity index (χ4v) is 2.65.